The fraction of sp³-hybridized carbons (Fsp3) is 1.00. The first kappa shape index (κ1) is 10.8. The van der Waals surface area contributed by atoms with Crippen LogP contribution in [0.4, 0.5) is 8.78 Å². The van der Waals surface area contributed by atoms with Crippen molar-refractivity contribution in [2.45, 2.75) is 45.6 Å². The minimum Gasteiger partial charge on any atom is -0.323 e. The van der Waals surface area contributed by atoms with Crippen LogP contribution in [-0.4, -0.2) is 12.5 Å². The van der Waals surface area contributed by atoms with Crippen LogP contribution in [0.15, 0.2) is 0 Å². The second-order valence-electron chi connectivity index (χ2n) is 3.13. The molecule has 0 aromatic rings. The maximum absolute atomic E-state index is 11.9. The molecule has 0 aromatic heterocycles. The summed E-state index contributed by atoms with van der Waals surface area (Å²) in [6.07, 6.45) is 0.0950. The summed E-state index contributed by atoms with van der Waals surface area (Å²) in [5, 5.41) is 0. The Morgan fingerprint density at radius 1 is 1.36 bits per heavy atom. The first-order valence-electron chi connectivity index (χ1n) is 4.11. The number of alkyl halides is 2. The van der Waals surface area contributed by atoms with Crippen LogP contribution >= 0.6 is 0 Å². The lowest BCUT2D eigenvalue weighted by Gasteiger charge is -2.15. The van der Waals surface area contributed by atoms with Gasteiger partial charge in [-0.1, -0.05) is 26.7 Å². The van der Waals surface area contributed by atoms with Crippen LogP contribution in [-0.2, 0) is 0 Å². The highest BCUT2D eigenvalue weighted by molar-refractivity contribution is 4.67. The van der Waals surface area contributed by atoms with Crippen molar-refractivity contribution in [3.63, 3.8) is 0 Å². The maximum atomic E-state index is 11.9. The quantitative estimate of drug-likeness (QED) is 0.665. The lowest BCUT2D eigenvalue weighted by atomic mass is 9.98. The third-order valence-corrected chi connectivity index (χ3v) is 1.78. The van der Waals surface area contributed by atoms with Gasteiger partial charge in [-0.25, -0.2) is 8.78 Å². The van der Waals surface area contributed by atoms with E-state index in [9.17, 15) is 8.78 Å². The molecule has 0 spiro atoms. The van der Waals surface area contributed by atoms with Gasteiger partial charge >= 0.3 is 0 Å². The molecule has 0 saturated carbocycles. The molecule has 0 heterocycles. The van der Waals surface area contributed by atoms with Gasteiger partial charge in [-0.05, 0) is 12.3 Å². The highest BCUT2D eigenvalue weighted by atomic mass is 19.3. The zero-order chi connectivity index (χ0) is 8.85. The van der Waals surface area contributed by atoms with Gasteiger partial charge in [0.25, 0.3) is 6.43 Å². The molecule has 2 N–H and O–H groups in total. The van der Waals surface area contributed by atoms with Crippen molar-refractivity contribution in [2.75, 3.05) is 0 Å². The zero-order valence-corrected chi connectivity index (χ0v) is 7.19. The molecule has 2 atom stereocenters. The topological polar surface area (TPSA) is 26.0 Å². The molecule has 0 aliphatic heterocycles. The molecule has 0 rings (SSSR count). The molecule has 68 valence electrons. The average Bonchev–Trinajstić information content (AvgIpc) is 1.87. The molecule has 0 amide bonds. The average molecular weight is 165 g/mol. The van der Waals surface area contributed by atoms with Gasteiger partial charge in [-0.3, -0.25) is 0 Å². The van der Waals surface area contributed by atoms with Crippen LogP contribution in [0.2, 0.25) is 0 Å². The normalized spacial score (nSPS) is 16.9. The second kappa shape index (κ2) is 5.47. The number of hydrogen-bond donors (Lipinski definition) is 1. The molecule has 1 nitrogen and oxygen atoms in total. The van der Waals surface area contributed by atoms with E-state index in [1.807, 2.05) is 13.8 Å². The van der Waals surface area contributed by atoms with Gasteiger partial charge in [-0.2, -0.15) is 0 Å². The summed E-state index contributed by atoms with van der Waals surface area (Å²) in [5.41, 5.74) is 5.20. The Bertz CT molecular complexity index is 96.1. The summed E-state index contributed by atoms with van der Waals surface area (Å²) in [6.45, 7) is 4.01. The lowest BCUT2D eigenvalue weighted by molar-refractivity contribution is 0.104. The van der Waals surface area contributed by atoms with Crippen molar-refractivity contribution in [3.05, 3.63) is 0 Å². The van der Waals surface area contributed by atoms with Crippen LogP contribution < -0.4 is 5.73 Å². The second-order valence-corrected chi connectivity index (χ2v) is 3.13. The summed E-state index contributed by atoms with van der Waals surface area (Å²) in [7, 11) is 0. The Labute approximate surface area is 67.0 Å². The van der Waals surface area contributed by atoms with E-state index in [1.165, 1.54) is 0 Å². The van der Waals surface area contributed by atoms with Crippen molar-refractivity contribution in [1.29, 1.82) is 0 Å². The van der Waals surface area contributed by atoms with Crippen molar-refractivity contribution < 1.29 is 8.78 Å². The summed E-state index contributed by atoms with van der Waals surface area (Å²) >= 11 is 0. The summed E-state index contributed by atoms with van der Waals surface area (Å²) in [6, 6.07) is -0.934. The van der Waals surface area contributed by atoms with E-state index < -0.39 is 12.5 Å². The van der Waals surface area contributed by atoms with Gasteiger partial charge in [-0.15, -0.1) is 0 Å². The van der Waals surface area contributed by atoms with Gasteiger partial charge in [0, 0.05) is 0 Å². The molecule has 0 aromatic carbocycles. The molecule has 0 bridgehead atoms. The molecule has 0 aliphatic carbocycles. The molecule has 0 saturated heterocycles. The van der Waals surface area contributed by atoms with Crippen LogP contribution in [0.1, 0.15) is 33.1 Å². The predicted octanol–water partition coefficient (Wildman–Crippen LogP) is 2.41. The highest BCUT2D eigenvalue weighted by Gasteiger charge is 2.17. The first-order chi connectivity index (χ1) is 5.07. The van der Waals surface area contributed by atoms with E-state index in [-0.39, 0.29) is 0 Å². The van der Waals surface area contributed by atoms with Crippen LogP contribution in [0.3, 0.4) is 0 Å². The van der Waals surface area contributed by atoms with E-state index in [1.54, 1.807) is 0 Å². The van der Waals surface area contributed by atoms with E-state index in [4.69, 9.17) is 5.73 Å². The van der Waals surface area contributed by atoms with E-state index in [0.717, 1.165) is 12.8 Å². The Balaban J connectivity index is 3.48. The molecular formula is C8H17F2N. The molecule has 0 aliphatic rings. The first-order valence-corrected chi connectivity index (χ1v) is 4.11. The number of halogens is 2. The van der Waals surface area contributed by atoms with Gasteiger partial charge in [0.05, 0.1) is 6.04 Å². The molecular weight excluding hydrogens is 148 g/mol. The van der Waals surface area contributed by atoms with Crippen molar-refractivity contribution >= 4 is 0 Å². The van der Waals surface area contributed by atoms with Crippen LogP contribution in [0.25, 0.3) is 0 Å². The Kier molecular flexibility index (Phi) is 5.38. The standard InChI is InChI=1S/C8H17F2N/c1-3-4-6(2)5-7(11)8(9)10/h6-8H,3-5,11H2,1-2H3. The van der Waals surface area contributed by atoms with E-state index in [2.05, 4.69) is 0 Å². The maximum Gasteiger partial charge on any atom is 0.253 e. The van der Waals surface area contributed by atoms with Crippen LogP contribution in [0, 0.1) is 5.92 Å². The third kappa shape index (κ3) is 5.13. The third-order valence-electron chi connectivity index (χ3n) is 1.78. The Morgan fingerprint density at radius 3 is 2.27 bits per heavy atom. The van der Waals surface area contributed by atoms with Crippen molar-refractivity contribution in [3.8, 4) is 0 Å². The monoisotopic (exact) mass is 165 g/mol. The fourth-order valence-corrected chi connectivity index (χ4v) is 1.18. The highest BCUT2D eigenvalue weighted by Crippen LogP contribution is 2.14. The number of hydrogen-bond acceptors (Lipinski definition) is 1. The molecule has 11 heavy (non-hydrogen) atoms. The fourth-order valence-electron chi connectivity index (χ4n) is 1.18. The number of rotatable bonds is 5. The van der Waals surface area contributed by atoms with E-state index in [0.29, 0.717) is 12.3 Å². The smallest absolute Gasteiger partial charge is 0.253 e. The minimum atomic E-state index is -2.37. The molecule has 3 heteroatoms. The van der Waals surface area contributed by atoms with Gasteiger partial charge in [0.1, 0.15) is 0 Å². The zero-order valence-electron chi connectivity index (χ0n) is 7.19. The molecule has 0 fully saturated rings. The molecule has 0 radical (unpaired) electrons. The largest absolute Gasteiger partial charge is 0.323 e. The van der Waals surface area contributed by atoms with Gasteiger partial charge in [0.2, 0.25) is 0 Å². The number of nitrogens with two attached hydrogens (primary N) is 1. The Hall–Kier alpha value is -0.180. The van der Waals surface area contributed by atoms with Gasteiger partial charge in [0.15, 0.2) is 0 Å². The summed E-state index contributed by atoms with van der Waals surface area (Å²) in [5.74, 6) is 0.323. The van der Waals surface area contributed by atoms with Crippen molar-refractivity contribution in [1.82, 2.24) is 0 Å². The summed E-state index contributed by atoms with van der Waals surface area (Å²) < 4.78 is 23.8. The summed E-state index contributed by atoms with van der Waals surface area (Å²) in [4.78, 5) is 0. The minimum absolute atomic E-state index is 0.323. The Morgan fingerprint density at radius 2 is 1.91 bits per heavy atom. The predicted molar refractivity (Wildman–Crippen MR) is 42.7 cm³/mol. The van der Waals surface area contributed by atoms with E-state index >= 15 is 0 Å². The van der Waals surface area contributed by atoms with Crippen molar-refractivity contribution in [2.24, 2.45) is 11.7 Å². The molecule has 2 unspecified atom stereocenters. The van der Waals surface area contributed by atoms with Crippen LogP contribution in [0.5, 0.6) is 0 Å². The SMILES string of the molecule is CCCC(C)CC(N)C(F)F. The lowest BCUT2D eigenvalue weighted by Crippen LogP contribution is -2.30. The van der Waals surface area contributed by atoms with Gasteiger partial charge < -0.3 is 5.73 Å².